The third-order valence-electron chi connectivity index (χ3n) is 5.54. The van der Waals surface area contributed by atoms with Gasteiger partial charge in [-0.3, -0.25) is 24.0 Å². The highest BCUT2D eigenvalue weighted by atomic mass is 32.1. The van der Waals surface area contributed by atoms with Gasteiger partial charge in [0.15, 0.2) is 0 Å². The SMILES string of the molecule is COCC(COCC(COC(=O)CCS)(COC(=O)CCS)COC(=O)CCS)(COC(=O)CCS)COC(=O)CCS. The lowest BCUT2D eigenvalue weighted by Gasteiger charge is -2.35. The quantitative estimate of drug-likeness (QED) is 0.0508. The fraction of sp³-hybridized carbons (Fsp3) is 0.808. The number of hydrogen-bond acceptors (Lipinski definition) is 17. The highest BCUT2D eigenvalue weighted by molar-refractivity contribution is 7.80. The molecule has 0 aromatic heterocycles. The minimum absolute atomic E-state index is 0.0190. The van der Waals surface area contributed by atoms with Crippen molar-refractivity contribution in [2.75, 3.05) is 88.7 Å². The molecule has 17 heteroatoms. The van der Waals surface area contributed by atoms with Crippen molar-refractivity contribution in [3.8, 4) is 0 Å². The zero-order chi connectivity index (χ0) is 32.6. The van der Waals surface area contributed by atoms with Crippen LogP contribution in [-0.4, -0.2) is 119 Å². The van der Waals surface area contributed by atoms with Gasteiger partial charge in [-0.1, -0.05) is 0 Å². The Morgan fingerprint density at radius 1 is 0.419 bits per heavy atom. The highest BCUT2D eigenvalue weighted by Gasteiger charge is 2.40. The first kappa shape index (κ1) is 42.0. The van der Waals surface area contributed by atoms with Gasteiger partial charge in [0.25, 0.3) is 0 Å². The second-order valence-electron chi connectivity index (χ2n) is 9.60. The van der Waals surface area contributed by atoms with Crippen LogP contribution >= 0.6 is 63.1 Å². The van der Waals surface area contributed by atoms with Crippen molar-refractivity contribution in [1.29, 1.82) is 0 Å². The first-order valence-electron chi connectivity index (χ1n) is 13.4. The van der Waals surface area contributed by atoms with Crippen molar-refractivity contribution in [1.82, 2.24) is 0 Å². The maximum Gasteiger partial charge on any atom is 0.306 e. The highest BCUT2D eigenvalue weighted by Crippen LogP contribution is 2.26. The van der Waals surface area contributed by atoms with Crippen LogP contribution in [0.5, 0.6) is 0 Å². The van der Waals surface area contributed by atoms with E-state index in [0.717, 1.165) is 0 Å². The Morgan fingerprint density at radius 2 is 0.651 bits per heavy atom. The summed E-state index contributed by atoms with van der Waals surface area (Å²) in [4.78, 5) is 60.9. The van der Waals surface area contributed by atoms with E-state index in [1.165, 1.54) is 7.11 Å². The molecule has 12 nitrogen and oxygen atoms in total. The summed E-state index contributed by atoms with van der Waals surface area (Å²) in [5.41, 5.74) is -2.47. The fourth-order valence-electron chi connectivity index (χ4n) is 3.28. The van der Waals surface area contributed by atoms with Crippen molar-refractivity contribution in [2.24, 2.45) is 10.8 Å². The van der Waals surface area contributed by atoms with Crippen LogP contribution in [0.15, 0.2) is 0 Å². The number of carbonyl (C=O) groups is 5. The third-order valence-corrected chi connectivity index (χ3v) is 6.66. The lowest BCUT2D eigenvalue weighted by atomic mass is 9.90. The molecule has 0 radical (unpaired) electrons. The summed E-state index contributed by atoms with van der Waals surface area (Å²) in [6.45, 7) is -1.88. The van der Waals surface area contributed by atoms with Crippen LogP contribution in [0.3, 0.4) is 0 Å². The minimum atomic E-state index is -1.32. The van der Waals surface area contributed by atoms with E-state index in [4.69, 9.17) is 33.2 Å². The van der Waals surface area contributed by atoms with Gasteiger partial charge in [0.2, 0.25) is 0 Å². The van der Waals surface area contributed by atoms with E-state index in [1.807, 2.05) is 0 Å². The topological polar surface area (TPSA) is 150 Å². The number of carbonyl (C=O) groups excluding carboxylic acids is 5. The van der Waals surface area contributed by atoms with Gasteiger partial charge in [-0.05, 0) is 0 Å². The molecular weight excluding hydrogens is 665 g/mol. The molecule has 0 aliphatic carbocycles. The summed E-state index contributed by atoms with van der Waals surface area (Å²) in [5.74, 6) is -1.46. The molecule has 250 valence electrons. The van der Waals surface area contributed by atoms with Gasteiger partial charge in [-0.2, -0.15) is 63.1 Å². The average molecular weight is 709 g/mol. The van der Waals surface area contributed by atoms with E-state index in [2.05, 4.69) is 63.1 Å². The van der Waals surface area contributed by atoms with Crippen molar-refractivity contribution >= 4 is 93.0 Å². The third kappa shape index (κ3) is 19.9. The molecule has 0 bridgehead atoms. The van der Waals surface area contributed by atoms with Crippen molar-refractivity contribution < 1.29 is 57.1 Å². The molecule has 0 rings (SSSR count). The first-order chi connectivity index (χ1) is 20.5. The van der Waals surface area contributed by atoms with Crippen LogP contribution in [-0.2, 0) is 57.1 Å². The van der Waals surface area contributed by atoms with E-state index >= 15 is 0 Å². The summed E-state index contributed by atoms with van der Waals surface area (Å²) >= 11 is 20.2. The Kier molecular flexibility index (Phi) is 24.7. The van der Waals surface area contributed by atoms with Crippen LogP contribution in [0.4, 0.5) is 0 Å². The van der Waals surface area contributed by atoms with Gasteiger partial charge in [0.05, 0.1) is 62.8 Å². The molecule has 0 saturated carbocycles. The second kappa shape index (κ2) is 25.2. The van der Waals surface area contributed by atoms with Gasteiger partial charge in [-0.25, -0.2) is 0 Å². The predicted octanol–water partition coefficient (Wildman–Crippen LogP) is 1.94. The molecule has 0 fully saturated rings. The van der Waals surface area contributed by atoms with E-state index in [0.29, 0.717) is 0 Å². The molecule has 0 unspecified atom stereocenters. The molecule has 0 saturated heterocycles. The van der Waals surface area contributed by atoms with Crippen molar-refractivity contribution in [2.45, 2.75) is 32.1 Å². The average Bonchev–Trinajstić information content (AvgIpc) is 2.96. The smallest absolute Gasteiger partial charge is 0.306 e. The molecule has 0 aliphatic heterocycles. The fourth-order valence-corrected chi connectivity index (χ4v) is 4.19. The number of esters is 5. The van der Waals surface area contributed by atoms with Crippen LogP contribution in [0.2, 0.25) is 0 Å². The zero-order valence-corrected chi connectivity index (χ0v) is 28.8. The van der Waals surface area contributed by atoms with E-state index in [1.54, 1.807) is 0 Å². The Labute approximate surface area is 280 Å². The lowest BCUT2D eigenvalue weighted by molar-refractivity contribution is -0.172. The zero-order valence-electron chi connectivity index (χ0n) is 24.4. The number of rotatable bonds is 26. The number of thiol groups is 5. The van der Waals surface area contributed by atoms with Gasteiger partial charge in [0.1, 0.15) is 33.0 Å². The molecule has 0 aromatic carbocycles. The number of methoxy groups -OCH3 is 1. The molecule has 0 atom stereocenters. The van der Waals surface area contributed by atoms with Crippen LogP contribution in [0.1, 0.15) is 32.1 Å². The first-order valence-corrected chi connectivity index (χ1v) is 16.6. The number of hydrogen-bond donors (Lipinski definition) is 5. The molecule has 0 spiro atoms. The summed E-state index contributed by atoms with van der Waals surface area (Å²) in [7, 11) is 1.42. The standard InChI is InChI=1S/C26H44O12S5/c1-32-12-25(15-34-20(27)2-7-39,16-35-21(28)3-8-40)13-33-14-26(17-36-22(29)4-9-41,18-37-23(30)5-10-42)19-38-24(31)6-11-43/h39-43H,2-19H2,1H3. The van der Waals surface area contributed by atoms with Crippen molar-refractivity contribution in [3.63, 3.8) is 0 Å². The summed E-state index contributed by atoms with van der Waals surface area (Å²) in [6.07, 6.45) is 0.173. The largest absolute Gasteiger partial charge is 0.465 e. The van der Waals surface area contributed by atoms with E-state index in [9.17, 15) is 24.0 Å². The Hall–Kier alpha value is -0.980. The normalized spacial score (nSPS) is 11.5. The van der Waals surface area contributed by atoms with Gasteiger partial charge < -0.3 is 33.2 Å². The Balaban J connectivity index is 6.14. The van der Waals surface area contributed by atoms with Crippen LogP contribution in [0, 0.1) is 10.8 Å². The maximum absolute atomic E-state index is 12.2. The molecule has 0 N–H and O–H groups in total. The summed E-state index contributed by atoms with van der Waals surface area (Å²) in [5, 5.41) is 0. The summed E-state index contributed by atoms with van der Waals surface area (Å²) < 4.78 is 38.5. The van der Waals surface area contributed by atoms with E-state index < -0.39 is 40.7 Å². The van der Waals surface area contributed by atoms with Crippen molar-refractivity contribution in [3.05, 3.63) is 0 Å². The Morgan fingerprint density at radius 3 is 0.860 bits per heavy atom. The number of ether oxygens (including phenoxy) is 7. The van der Waals surface area contributed by atoms with Gasteiger partial charge >= 0.3 is 29.8 Å². The summed E-state index contributed by atoms with van der Waals surface area (Å²) in [6, 6.07) is 0. The predicted molar refractivity (Wildman–Crippen MR) is 175 cm³/mol. The van der Waals surface area contributed by atoms with E-state index in [-0.39, 0.29) is 114 Å². The molecular formula is C26H44O12S5. The maximum atomic E-state index is 12.2. The monoisotopic (exact) mass is 708 g/mol. The van der Waals surface area contributed by atoms with Gasteiger partial charge in [0, 0.05) is 35.9 Å². The Bertz CT molecular complexity index is 768. The van der Waals surface area contributed by atoms with Crippen LogP contribution < -0.4 is 0 Å². The molecule has 43 heavy (non-hydrogen) atoms. The minimum Gasteiger partial charge on any atom is -0.465 e. The molecule has 0 amide bonds. The van der Waals surface area contributed by atoms with Gasteiger partial charge in [-0.15, -0.1) is 0 Å². The second-order valence-corrected chi connectivity index (χ2v) is 11.8. The molecule has 0 aromatic rings. The lowest BCUT2D eigenvalue weighted by Crippen LogP contribution is -2.47. The molecule has 0 aliphatic rings. The molecule has 0 heterocycles. The van der Waals surface area contributed by atoms with Crippen LogP contribution in [0.25, 0.3) is 0 Å².